The zero-order valence-corrected chi connectivity index (χ0v) is 16.5. The van der Waals surface area contributed by atoms with E-state index in [0.717, 1.165) is 36.7 Å². The molecule has 0 atom stereocenters. The Balaban J connectivity index is 1.60. The van der Waals surface area contributed by atoms with Crippen LogP contribution in [0, 0.1) is 11.2 Å². The highest BCUT2D eigenvalue weighted by Gasteiger charge is 2.24. The number of anilines is 1. The van der Waals surface area contributed by atoms with Crippen LogP contribution in [0.15, 0.2) is 59.7 Å². The molecule has 0 spiro atoms. The lowest BCUT2D eigenvalue weighted by atomic mass is 9.42. The van der Waals surface area contributed by atoms with Crippen molar-refractivity contribution >= 4 is 24.3 Å². The van der Waals surface area contributed by atoms with Gasteiger partial charge in [0.15, 0.2) is 0 Å². The molecule has 0 bridgehead atoms. The molecule has 6 nitrogen and oxygen atoms in total. The number of benzene rings is 1. The van der Waals surface area contributed by atoms with Crippen LogP contribution in [0.4, 0.5) is 5.95 Å². The fourth-order valence-corrected chi connectivity index (χ4v) is 3.83. The van der Waals surface area contributed by atoms with Crippen molar-refractivity contribution in [2.24, 2.45) is 0 Å². The number of pyridine rings is 1. The fraction of sp³-hybridized carbons (Fsp3) is 0.238. The smallest absolute Gasteiger partial charge is 0.268 e. The molecule has 0 radical (unpaired) electrons. The maximum atomic E-state index is 12.1. The van der Waals surface area contributed by atoms with Gasteiger partial charge in [-0.05, 0) is 31.0 Å². The van der Waals surface area contributed by atoms with Gasteiger partial charge in [-0.25, -0.2) is 15.2 Å². The maximum absolute atomic E-state index is 12.1. The summed E-state index contributed by atoms with van der Waals surface area (Å²) in [6, 6.07) is 12.8. The zero-order chi connectivity index (χ0) is 20.2. The number of nitriles is 1. The molecule has 1 N–H and O–H groups in total. The van der Waals surface area contributed by atoms with Crippen LogP contribution in [-0.2, 0) is 0 Å². The van der Waals surface area contributed by atoms with Gasteiger partial charge in [-0.1, -0.05) is 42.4 Å². The number of aromatic nitrogens is 3. The second-order valence-corrected chi connectivity index (χ2v) is 7.58. The van der Waals surface area contributed by atoms with Crippen LogP contribution in [0.2, 0.25) is 17.7 Å². The summed E-state index contributed by atoms with van der Waals surface area (Å²) in [7, 11) is 0. The summed E-state index contributed by atoms with van der Waals surface area (Å²) in [6.45, 7) is 0.152. The molecule has 1 saturated heterocycles. The monoisotopic (exact) mass is 403 g/mol. The van der Waals surface area contributed by atoms with E-state index in [0.29, 0.717) is 16.7 Å². The lowest BCUT2D eigenvalue weighted by molar-refractivity contribution is 0.634. The Labute approximate surface area is 174 Å². The Morgan fingerprint density at radius 1 is 1.21 bits per heavy atom. The average Bonchev–Trinajstić information content (AvgIpc) is 2.76. The van der Waals surface area contributed by atoms with E-state index in [9.17, 15) is 4.79 Å². The first kappa shape index (κ1) is 19.2. The molecular weight excluding hydrogens is 385 g/mol. The second-order valence-electron chi connectivity index (χ2n) is 7.17. The van der Waals surface area contributed by atoms with Crippen molar-refractivity contribution in [2.45, 2.75) is 31.5 Å². The van der Waals surface area contributed by atoms with Crippen LogP contribution in [0.5, 0.6) is 0 Å². The van der Waals surface area contributed by atoms with Crippen LogP contribution in [0.25, 0.3) is 16.9 Å². The minimum Gasteiger partial charge on any atom is -0.352 e. The molecule has 29 heavy (non-hydrogen) atoms. The third-order valence-corrected chi connectivity index (χ3v) is 5.48. The highest BCUT2D eigenvalue weighted by Crippen LogP contribution is 2.28. The minimum atomic E-state index is -0.103. The van der Waals surface area contributed by atoms with Gasteiger partial charge in [0.2, 0.25) is 5.95 Å². The molecule has 1 aromatic carbocycles. The van der Waals surface area contributed by atoms with E-state index in [1.807, 2.05) is 30.3 Å². The van der Waals surface area contributed by atoms with Crippen molar-refractivity contribution in [3.63, 3.8) is 0 Å². The minimum absolute atomic E-state index is 0.103. The van der Waals surface area contributed by atoms with Gasteiger partial charge in [-0.2, -0.15) is 0 Å². The number of hydrogen-bond donors (Lipinski definition) is 1. The molecule has 1 fully saturated rings. The summed E-state index contributed by atoms with van der Waals surface area (Å²) in [5.41, 5.74) is 2.06. The molecule has 144 valence electrons. The molecule has 0 amide bonds. The maximum Gasteiger partial charge on any atom is 0.268 e. The Morgan fingerprint density at radius 2 is 2.03 bits per heavy atom. The molecule has 8 heteroatoms. The van der Waals surface area contributed by atoms with Gasteiger partial charge in [0.1, 0.15) is 0 Å². The van der Waals surface area contributed by atoms with Crippen LogP contribution in [-0.4, -0.2) is 27.3 Å². The summed E-state index contributed by atoms with van der Waals surface area (Å²) in [5, 5.41) is 12.9. The van der Waals surface area contributed by atoms with Gasteiger partial charge in [-0.15, -0.1) is 0 Å². The van der Waals surface area contributed by atoms with E-state index in [1.165, 1.54) is 6.07 Å². The highest BCUT2D eigenvalue weighted by molar-refractivity contribution is 6.67. The average molecular weight is 404 g/mol. The van der Waals surface area contributed by atoms with Crippen molar-refractivity contribution in [3.05, 3.63) is 70.2 Å². The molecule has 3 aromatic rings. The lowest BCUT2D eigenvalue weighted by Gasteiger charge is -2.24. The SMILES string of the molecule is N#CB1CCC(Nc2ncc(Cl)c(-c3cccc(-n4ccccc4=O)c3)n2)CC1. The largest absolute Gasteiger partial charge is 0.352 e. The van der Waals surface area contributed by atoms with Gasteiger partial charge in [0.25, 0.3) is 12.3 Å². The molecule has 4 rings (SSSR count). The van der Waals surface area contributed by atoms with Crippen LogP contribution >= 0.6 is 11.6 Å². The summed E-state index contributed by atoms with van der Waals surface area (Å²) >= 11 is 6.38. The van der Waals surface area contributed by atoms with Crippen LogP contribution in [0.3, 0.4) is 0 Å². The van der Waals surface area contributed by atoms with Crippen molar-refractivity contribution in [2.75, 3.05) is 5.32 Å². The molecule has 2 aromatic heterocycles. The van der Waals surface area contributed by atoms with Crippen molar-refractivity contribution in [1.29, 1.82) is 5.26 Å². The molecule has 1 aliphatic heterocycles. The Kier molecular flexibility index (Phi) is 5.63. The third kappa shape index (κ3) is 4.33. The summed E-state index contributed by atoms with van der Waals surface area (Å²) in [5.74, 6) is 2.87. The van der Waals surface area contributed by atoms with E-state index < -0.39 is 0 Å². The zero-order valence-electron chi connectivity index (χ0n) is 15.8. The number of rotatable bonds is 4. The number of nitrogens with zero attached hydrogens (tertiary/aromatic N) is 4. The van der Waals surface area contributed by atoms with Gasteiger partial charge >= 0.3 is 0 Å². The second kappa shape index (κ2) is 8.50. The predicted octanol–water partition coefficient (Wildman–Crippen LogP) is 4.08. The predicted molar refractivity (Wildman–Crippen MR) is 116 cm³/mol. The number of nitrogens with one attached hydrogen (secondary N) is 1. The van der Waals surface area contributed by atoms with Crippen LogP contribution < -0.4 is 10.9 Å². The van der Waals surface area contributed by atoms with E-state index in [4.69, 9.17) is 16.9 Å². The van der Waals surface area contributed by atoms with Gasteiger partial charge < -0.3 is 5.32 Å². The molecule has 0 saturated carbocycles. The molecule has 3 heterocycles. The Hall–Kier alpha value is -3.11. The Bertz CT molecular complexity index is 1120. The quantitative estimate of drug-likeness (QED) is 0.664. The van der Waals surface area contributed by atoms with Gasteiger partial charge in [0.05, 0.1) is 16.9 Å². The fourth-order valence-electron chi connectivity index (χ4n) is 3.63. The van der Waals surface area contributed by atoms with E-state index in [-0.39, 0.29) is 18.3 Å². The van der Waals surface area contributed by atoms with Gasteiger partial charge in [0, 0.05) is 35.5 Å². The lowest BCUT2D eigenvalue weighted by Crippen LogP contribution is -2.29. The molecular formula is C21H19BClN5O. The first-order chi connectivity index (χ1) is 14.1. The standard InChI is InChI=1S/C21H19BClN5O/c23-18-13-25-21(26-16-7-9-22(14-24)10-8-16)27-20(18)15-4-3-5-17(12-15)28-11-2-1-6-19(28)29/h1-6,11-13,16H,7-10H2,(H,25,26,27). The number of hydrogen-bond acceptors (Lipinski definition) is 5. The first-order valence-corrected chi connectivity index (χ1v) is 9.99. The topological polar surface area (TPSA) is 83.6 Å². The third-order valence-electron chi connectivity index (χ3n) is 5.21. The van der Waals surface area contributed by atoms with Crippen molar-refractivity contribution in [3.8, 4) is 22.9 Å². The van der Waals surface area contributed by atoms with E-state index in [2.05, 4.69) is 21.3 Å². The first-order valence-electron chi connectivity index (χ1n) is 9.61. The molecule has 0 unspecified atom stereocenters. The highest BCUT2D eigenvalue weighted by atomic mass is 35.5. The van der Waals surface area contributed by atoms with Crippen molar-refractivity contribution < 1.29 is 0 Å². The van der Waals surface area contributed by atoms with E-state index in [1.54, 1.807) is 23.0 Å². The molecule has 1 aliphatic rings. The summed E-state index contributed by atoms with van der Waals surface area (Å²) in [4.78, 5) is 21.1. The molecule has 0 aliphatic carbocycles. The van der Waals surface area contributed by atoms with Crippen LogP contribution in [0.1, 0.15) is 12.8 Å². The summed E-state index contributed by atoms with van der Waals surface area (Å²) in [6.07, 6.45) is 6.95. The number of halogens is 1. The van der Waals surface area contributed by atoms with E-state index >= 15 is 0 Å². The Morgan fingerprint density at radius 3 is 2.79 bits per heavy atom. The summed E-state index contributed by atoms with van der Waals surface area (Å²) < 4.78 is 1.57. The van der Waals surface area contributed by atoms with Gasteiger partial charge in [-0.3, -0.25) is 9.36 Å². The normalized spacial score (nSPS) is 14.4. The van der Waals surface area contributed by atoms with Crippen molar-refractivity contribution in [1.82, 2.24) is 14.5 Å².